The van der Waals surface area contributed by atoms with Crippen molar-refractivity contribution in [1.82, 2.24) is 5.32 Å². The quantitative estimate of drug-likeness (QED) is 0.789. The summed E-state index contributed by atoms with van der Waals surface area (Å²) in [5, 5.41) is 8.05. The Hall–Kier alpha value is -1.40. The minimum absolute atomic E-state index is 0.0498. The molecule has 2 rings (SSSR count). The zero-order valence-corrected chi connectivity index (χ0v) is 15.1. The first kappa shape index (κ1) is 18.9. The molecule has 0 heterocycles. The minimum Gasteiger partial charge on any atom is -0.350 e. The van der Waals surface area contributed by atoms with Gasteiger partial charge in [0.2, 0.25) is 15.9 Å². The number of nitrogens with two attached hydrogens (primary N) is 1. The SMILES string of the molecule is C[C@@H](NC(=O)CCCC1CCCCC1)c1ccc(S(N)(=O)=O)cc1. The monoisotopic (exact) mass is 352 g/mol. The number of amides is 1. The lowest BCUT2D eigenvalue weighted by Gasteiger charge is -2.21. The third-order valence-corrected chi connectivity index (χ3v) is 5.76. The predicted molar refractivity (Wildman–Crippen MR) is 94.8 cm³/mol. The van der Waals surface area contributed by atoms with Gasteiger partial charge >= 0.3 is 0 Å². The molecule has 1 aliphatic carbocycles. The van der Waals surface area contributed by atoms with E-state index in [1.807, 2.05) is 6.92 Å². The number of primary sulfonamides is 1. The van der Waals surface area contributed by atoms with Gasteiger partial charge in [-0.2, -0.15) is 0 Å². The molecule has 1 aromatic rings. The van der Waals surface area contributed by atoms with E-state index in [1.54, 1.807) is 12.1 Å². The zero-order chi connectivity index (χ0) is 17.6. The number of carbonyl (C=O) groups is 1. The van der Waals surface area contributed by atoms with Crippen LogP contribution >= 0.6 is 0 Å². The Bertz CT molecular complexity index is 635. The van der Waals surface area contributed by atoms with Crippen LogP contribution in [0.5, 0.6) is 0 Å². The predicted octanol–water partition coefficient (Wildman–Crippen LogP) is 3.26. The summed E-state index contributed by atoms with van der Waals surface area (Å²) in [7, 11) is -3.68. The second-order valence-corrected chi connectivity index (χ2v) is 8.36. The third-order valence-electron chi connectivity index (χ3n) is 4.83. The maximum absolute atomic E-state index is 12.1. The van der Waals surface area contributed by atoms with E-state index in [0.717, 1.165) is 24.3 Å². The van der Waals surface area contributed by atoms with Crippen LogP contribution in [0.3, 0.4) is 0 Å². The molecule has 1 amide bonds. The van der Waals surface area contributed by atoms with E-state index in [9.17, 15) is 13.2 Å². The number of hydrogen-bond donors (Lipinski definition) is 2. The second-order valence-electron chi connectivity index (χ2n) is 6.80. The van der Waals surface area contributed by atoms with Crippen LogP contribution in [0.15, 0.2) is 29.2 Å². The van der Waals surface area contributed by atoms with Crippen molar-refractivity contribution in [1.29, 1.82) is 0 Å². The molecule has 0 aliphatic heterocycles. The van der Waals surface area contributed by atoms with Crippen LogP contribution in [0, 0.1) is 5.92 Å². The smallest absolute Gasteiger partial charge is 0.238 e. The van der Waals surface area contributed by atoms with Crippen molar-refractivity contribution < 1.29 is 13.2 Å². The lowest BCUT2D eigenvalue weighted by molar-refractivity contribution is -0.121. The van der Waals surface area contributed by atoms with E-state index >= 15 is 0 Å². The summed E-state index contributed by atoms with van der Waals surface area (Å²) in [6.07, 6.45) is 9.29. The standard InChI is InChI=1S/C18H28N2O3S/c1-14(16-10-12-17(13-11-16)24(19,22)23)20-18(21)9-5-8-15-6-3-2-4-7-15/h10-15H,2-9H2,1H3,(H,20,21)(H2,19,22,23)/t14-/m1/s1. The fraction of sp³-hybridized carbons (Fsp3) is 0.611. The van der Waals surface area contributed by atoms with Crippen molar-refractivity contribution in [3.8, 4) is 0 Å². The fourth-order valence-corrected chi connectivity index (χ4v) is 3.89. The van der Waals surface area contributed by atoms with E-state index in [1.165, 1.54) is 44.2 Å². The molecule has 0 radical (unpaired) electrons. The molecule has 134 valence electrons. The molecule has 1 atom stereocenters. The average Bonchev–Trinajstić information content (AvgIpc) is 2.55. The van der Waals surface area contributed by atoms with Crippen molar-refractivity contribution in [2.75, 3.05) is 0 Å². The number of hydrogen-bond acceptors (Lipinski definition) is 3. The van der Waals surface area contributed by atoms with Crippen LogP contribution in [0.4, 0.5) is 0 Å². The highest BCUT2D eigenvalue weighted by atomic mass is 32.2. The number of sulfonamides is 1. The number of benzene rings is 1. The van der Waals surface area contributed by atoms with Gasteiger partial charge in [-0.15, -0.1) is 0 Å². The van der Waals surface area contributed by atoms with Crippen LogP contribution in [-0.4, -0.2) is 14.3 Å². The maximum atomic E-state index is 12.1. The Balaban J connectivity index is 1.76. The van der Waals surface area contributed by atoms with Gasteiger partial charge < -0.3 is 5.32 Å². The molecule has 24 heavy (non-hydrogen) atoms. The Kier molecular flexibility index (Phi) is 6.80. The van der Waals surface area contributed by atoms with E-state index in [4.69, 9.17) is 5.14 Å². The molecule has 1 aliphatic rings. The normalized spacial score (nSPS) is 17.4. The van der Waals surface area contributed by atoms with Crippen LogP contribution < -0.4 is 10.5 Å². The Morgan fingerprint density at radius 3 is 2.42 bits per heavy atom. The summed E-state index contributed by atoms with van der Waals surface area (Å²) >= 11 is 0. The molecular weight excluding hydrogens is 324 g/mol. The zero-order valence-electron chi connectivity index (χ0n) is 14.3. The fourth-order valence-electron chi connectivity index (χ4n) is 3.37. The molecule has 1 aromatic carbocycles. The molecular formula is C18H28N2O3S. The Labute approximate surface area is 145 Å². The largest absolute Gasteiger partial charge is 0.350 e. The van der Waals surface area contributed by atoms with Gasteiger partial charge in [-0.05, 0) is 43.4 Å². The maximum Gasteiger partial charge on any atom is 0.238 e. The van der Waals surface area contributed by atoms with Gasteiger partial charge in [-0.1, -0.05) is 44.2 Å². The highest BCUT2D eigenvalue weighted by Crippen LogP contribution is 2.27. The lowest BCUT2D eigenvalue weighted by Crippen LogP contribution is -2.26. The minimum atomic E-state index is -3.68. The van der Waals surface area contributed by atoms with E-state index in [0.29, 0.717) is 6.42 Å². The van der Waals surface area contributed by atoms with Gasteiger partial charge in [0.15, 0.2) is 0 Å². The summed E-state index contributed by atoms with van der Waals surface area (Å²) in [6, 6.07) is 6.16. The molecule has 5 nitrogen and oxygen atoms in total. The molecule has 6 heteroatoms. The molecule has 3 N–H and O–H groups in total. The third kappa shape index (κ3) is 5.91. The summed E-state index contributed by atoms with van der Waals surface area (Å²) in [6.45, 7) is 1.89. The molecule has 1 saturated carbocycles. The molecule has 1 fully saturated rings. The van der Waals surface area contributed by atoms with E-state index in [-0.39, 0.29) is 16.8 Å². The Morgan fingerprint density at radius 2 is 1.83 bits per heavy atom. The first-order valence-electron chi connectivity index (χ1n) is 8.78. The highest BCUT2D eigenvalue weighted by molar-refractivity contribution is 7.89. The van der Waals surface area contributed by atoms with Gasteiger partial charge in [-0.25, -0.2) is 13.6 Å². The van der Waals surface area contributed by atoms with E-state index < -0.39 is 10.0 Å². The first-order chi connectivity index (χ1) is 11.4. The van der Waals surface area contributed by atoms with Crippen LogP contribution in [0.25, 0.3) is 0 Å². The van der Waals surface area contributed by atoms with Gasteiger partial charge in [-0.3, -0.25) is 4.79 Å². The van der Waals surface area contributed by atoms with Crippen molar-refractivity contribution >= 4 is 15.9 Å². The summed E-state index contributed by atoms with van der Waals surface area (Å²) < 4.78 is 22.5. The molecule has 0 unspecified atom stereocenters. The summed E-state index contributed by atoms with van der Waals surface area (Å²) in [4.78, 5) is 12.1. The van der Waals surface area contributed by atoms with Crippen LogP contribution in [0.2, 0.25) is 0 Å². The van der Waals surface area contributed by atoms with Crippen molar-refractivity contribution in [3.05, 3.63) is 29.8 Å². The van der Waals surface area contributed by atoms with Crippen molar-refractivity contribution in [2.24, 2.45) is 11.1 Å². The van der Waals surface area contributed by atoms with Gasteiger partial charge in [0, 0.05) is 6.42 Å². The number of rotatable bonds is 7. The molecule has 0 bridgehead atoms. The topological polar surface area (TPSA) is 89.3 Å². The highest BCUT2D eigenvalue weighted by Gasteiger charge is 2.15. The van der Waals surface area contributed by atoms with Crippen molar-refractivity contribution in [2.45, 2.75) is 69.2 Å². The van der Waals surface area contributed by atoms with Crippen molar-refractivity contribution in [3.63, 3.8) is 0 Å². The first-order valence-corrected chi connectivity index (χ1v) is 10.3. The van der Waals surface area contributed by atoms with Crippen LogP contribution in [0.1, 0.15) is 69.9 Å². The Morgan fingerprint density at radius 1 is 1.21 bits per heavy atom. The summed E-state index contributed by atoms with van der Waals surface area (Å²) in [5.74, 6) is 0.851. The van der Waals surface area contributed by atoms with Gasteiger partial charge in [0.1, 0.15) is 0 Å². The number of carbonyl (C=O) groups excluding carboxylic acids is 1. The van der Waals surface area contributed by atoms with Gasteiger partial charge in [0.25, 0.3) is 0 Å². The lowest BCUT2D eigenvalue weighted by atomic mass is 9.86. The number of nitrogens with one attached hydrogen (secondary N) is 1. The van der Waals surface area contributed by atoms with Crippen LogP contribution in [-0.2, 0) is 14.8 Å². The second kappa shape index (κ2) is 8.62. The average molecular weight is 352 g/mol. The molecule has 0 aromatic heterocycles. The molecule has 0 spiro atoms. The summed E-state index contributed by atoms with van der Waals surface area (Å²) in [5.41, 5.74) is 0.864. The van der Waals surface area contributed by atoms with Gasteiger partial charge in [0.05, 0.1) is 10.9 Å². The molecule has 0 saturated heterocycles. The van der Waals surface area contributed by atoms with E-state index in [2.05, 4.69) is 5.32 Å².